The largest absolute Gasteiger partial charge is 0.497 e. The molecule has 0 saturated heterocycles. The zero-order valence-corrected chi connectivity index (χ0v) is 16.8. The fourth-order valence-electron chi connectivity index (χ4n) is 3.01. The van der Waals surface area contributed by atoms with Gasteiger partial charge in [0.05, 0.1) is 7.11 Å². The highest BCUT2D eigenvalue weighted by Gasteiger charge is 2.11. The Kier molecular flexibility index (Phi) is 5.21. The summed E-state index contributed by atoms with van der Waals surface area (Å²) in [4.78, 5) is 15.8. The number of amides is 1. The number of H-pyrrole nitrogens is 1. The molecule has 4 aromatic rings. The standard InChI is InChI=1S/C22H21N5O3/c1-13-10-21(27-26-13)24-20-12-15-11-18(29-3)8-9-19(15)22(25-20)30-17-6-4-16(5-7-17)23-14(2)28/h4-12H,1-3H3,(H,23,28)(H2,24,25,26,27). The van der Waals surface area contributed by atoms with Gasteiger partial charge in [0.25, 0.3) is 0 Å². The summed E-state index contributed by atoms with van der Waals surface area (Å²) < 4.78 is 11.4. The first-order chi connectivity index (χ1) is 14.5. The highest BCUT2D eigenvalue weighted by molar-refractivity contribution is 5.91. The summed E-state index contributed by atoms with van der Waals surface area (Å²) in [6, 6.07) is 16.6. The third-order valence-corrected chi connectivity index (χ3v) is 4.35. The molecule has 3 N–H and O–H groups in total. The molecule has 0 radical (unpaired) electrons. The summed E-state index contributed by atoms with van der Waals surface area (Å²) in [6.07, 6.45) is 0. The van der Waals surface area contributed by atoms with Crippen LogP contribution in [0.1, 0.15) is 12.6 Å². The summed E-state index contributed by atoms with van der Waals surface area (Å²) >= 11 is 0. The van der Waals surface area contributed by atoms with E-state index in [9.17, 15) is 4.79 Å². The van der Waals surface area contributed by atoms with Crippen LogP contribution in [0, 0.1) is 6.92 Å². The predicted octanol–water partition coefficient (Wildman–Crippen LogP) is 4.77. The van der Waals surface area contributed by atoms with Gasteiger partial charge in [-0.05, 0) is 60.8 Å². The molecular weight excluding hydrogens is 382 g/mol. The average molecular weight is 403 g/mol. The van der Waals surface area contributed by atoms with E-state index in [4.69, 9.17) is 9.47 Å². The van der Waals surface area contributed by atoms with Gasteiger partial charge in [0.2, 0.25) is 11.8 Å². The fourth-order valence-corrected chi connectivity index (χ4v) is 3.01. The molecule has 4 rings (SSSR count). The lowest BCUT2D eigenvalue weighted by molar-refractivity contribution is -0.114. The second-order valence-electron chi connectivity index (χ2n) is 6.77. The van der Waals surface area contributed by atoms with Gasteiger partial charge in [0.15, 0.2) is 5.82 Å². The zero-order valence-electron chi connectivity index (χ0n) is 16.8. The highest BCUT2D eigenvalue weighted by Crippen LogP contribution is 2.33. The Bertz CT molecular complexity index is 1200. The number of aromatic amines is 1. The predicted molar refractivity (Wildman–Crippen MR) is 116 cm³/mol. The minimum absolute atomic E-state index is 0.127. The molecule has 8 nitrogen and oxygen atoms in total. The number of methoxy groups -OCH3 is 1. The lowest BCUT2D eigenvalue weighted by Crippen LogP contribution is -2.05. The van der Waals surface area contributed by atoms with Gasteiger partial charge in [0, 0.05) is 29.8 Å². The number of nitrogens with zero attached hydrogens (tertiary/aromatic N) is 2. The molecule has 30 heavy (non-hydrogen) atoms. The van der Waals surface area contributed by atoms with Crippen molar-refractivity contribution in [2.24, 2.45) is 0 Å². The van der Waals surface area contributed by atoms with Crippen LogP contribution in [-0.2, 0) is 4.79 Å². The number of rotatable bonds is 6. The Morgan fingerprint density at radius 3 is 2.43 bits per heavy atom. The molecule has 0 aliphatic rings. The molecule has 2 aromatic carbocycles. The smallest absolute Gasteiger partial charge is 0.229 e. The van der Waals surface area contributed by atoms with E-state index in [-0.39, 0.29) is 5.91 Å². The second kappa shape index (κ2) is 8.12. The number of aryl methyl sites for hydroxylation is 1. The van der Waals surface area contributed by atoms with Crippen molar-refractivity contribution in [1.82, 2.24) is 15.2 Å². The van der Waals surface area contributed by atoms with Crippen LogP contribution in [0.3, 0.4) is 0 Å². The number of ether oxygens (including phenoxy) is 2. The minimum atomic E-state index is -0.127. The van der Waals surface area contributed by atoms with Crippen LogP contribution in [0.15, 0.2) is 54.6 Å². The molecular formula is C22H21N5O3. The van der Waals surface area contributed by atoms with Crippen LogP contribution in [-0.4, -0.2) is 28.2 Å². The second-order valence-corrected chi connectivity index (χ2v) is 6.77. The van der Waals surface area contributed by atoms with Crippen LogP contribution in [0.4, 0.5) is 17.3 Å². The lowest BCUT2D eigenvalue weighted by atomic mass is 10.1. The average Bonchev–Trinajstić information content (AvgIpc) is 3.13. The molecule has 1 amide bonds. The lowest BCUT2D eigenvalue weighted by Gasteiger charge is -2.12. The van der Waals surface area contributed by atoms with E-state index in [1.165, 1.54) is 6.92 Å². The summed E-state index contributed by atoms with van der Waals surface area (Å²) in [5.74, 6) is 2.90. The third kappa shape index (κ3) is 4.33. The molecule has 0 bridgehead atoms. The van der Waals surface area contributed by atoms with Crippen LogP contribution in [0.25, 0.3) is 10.8 Å². The van der Waals surface area contributed by atoms with E-state index in [1.807, 2.05) is 37.3 Å². The number of anilines is 3. The van der Waals surface area contributed by atoms with Gasteiger partial charge in [0.1, 0.15) is 17.3 Å². The van der Waals surface area contributed by atoms with Crippen molar-refractivity contribution in [3.05, 3.63) is 60.3 Å². The monoisotopic (exact) mass is 403 g/mol. The number of benzene rings is 2. The molecule has 0 aliphatic heterocycles. The molecule has 2 heterocycles. The number of carbonyl (C=O) groups is 1. The molecule has 0 atom stereocenters. The Labute approximate surface area is 173 Å². The summed E-state index contributed by atoms with van der Waals surface area (Å²) in [6.45, 7) is 3.39. The molecule has 8 heteroatoms. The molecule has 0 spiro atoms. The first-order valence-corrected chi connectivity index (χ1v) is 9.33. The Morgan fingerprint density at radius 1 is 1.00 bits per heavy atom. The van der Waals surface area contributed by atoms with Crippen molar-refractivity contribution in [3.8, 4) is 17.4 Å². The van der Waals surface area contributed by atoms with Gasteiger partial charge in [-0.25, -0.2) is 0 Å². The SMILES string of the molecule is COc1ccc2c(Oc3ccc(NC(C)=O)cc3)nc(Nc3cc(C)[nH]n3)cc2c1. The Hall–Kier alpha value is -4.07. The summed E-state index contributed by atoms with van der Waals surface area (Å²) in [7, 11) is 1.63. The number of pyridine rings is 1. The highest BCUT2D eigenvalue weighted by atomic mass is 16.5. The zero-order chi connectivity index (χ0) is 21.1. The molecule has 0 saturated carbocycles. The van der Waals surface area contributed by atoms with Gasteiger partial charge >= 0.3 is 0 Å². The topological polar surface area (TPSA) is 101 Å². The molecule has 2 aromatic heterocycles. The maximum absolute atomic E-state index is 11.2. The van der Waals surface area contributed by atoms with Gasteiger partial charge in [-0.15, -0.1) is 0 Å². The van der Waals surface area contributed by atoms with Crippen molar-refractivity contribution < 1.29 is 14.3 Å². The molecule has 0 fully saturated rings. The van der Waals surface area contributed by atoms with E-state index in [2.05, 4.69) is 25.8 Å². The van der Waals surface area contributed by atoms with Crippen LogP contribution in [0.2, 0.25) is 0 Å². The molecule has 0 unspecified atom stereocenters. The number of hydrogen-bond acceptors (Lipinski definition) is 6. The number of hydrogen-bond donors (Lipinski definition) is 3. The number of fused-ring (bicyclic) bond motifs is 1. The summed E-state index contributed by atoms with van der Waals surface area (Å²) in [5, 5.41) is 14.8. The van der Waals surface area contributed by atoms with Crippen molar-refractivity contribution in [3.63, 3.8) is 0 Å². The Morgan fingerprint density at radius 2 is 1.77 bits per heavy atom. The van der Waals surface area contributed by atoms with Crippen molar-refractivity contribution in [2.75, 3.05) is 17.7 Å². The van der Waals surface area contributed by atoms with Crippen LogP contribution >= 0.6 is 0 Å². The number of carbonyl (C=O) groups excluding carboxylic acids is 1. The van der Waals surface area contributed by atoms with E-state index < -0.39 is 0 Å². The van der Waals surface area contributed by atoms with E-state index >= 15 is 0 Å². The first-order valence-electron chi connectivity index (χ1n) is 9.33. The maximum atomic E-state index is 11.2. The van der Waals surface area contributed by atoms with E-state index in [1.54, 1.807) is 31.4 Å². The Balaban J connectivity index is 1.70. The fraction of sp³-hybridized carbons (Fsp3) is 0.136. The van der Waals surface area contributed by atoms with Crippen LogP contribution in [0.5, 0.6) is 17.4 Å². The quantitative estimate of drug-likeness (QED) is 0.429. The van der Waals surface area contributed by atoms with Crippen molar-refractivity contribution >= 4 is 34.0 Å². The van der Waals surface area contributed by atoms with Gasteiger partial charge in [-0.2, -0.15) is 10.1 Å². The minimum Gasteiger partial charge on any atom is -0.497 e. The van der Waals surface area contributed by atoms with Gasteiger partial charge in [-0.3, -0.25) is 9.89 Å². The van der Waals surface area contributed by atoms with Crippen molar-refractivity contribution in [1.29, 1.82) is 0 Å². The normalized spacial score (nSPS) is 10.6. The third-order valence-electron chi connectivity index (χ3n) is 4.35. The van der Waals surface area contributed by atoms with Gasteiger partial charge < -0.3 is 20.1 Å². The van der Waals surface area contributed by atoms with Crippen molar-refractivity contribution in [2.45, 2.75) is 13.8 Å². The number of aromatic nitrogens is 3. The molecule has 0 aliphatic carbocycles. The molecule has 152 valence electrons. The van der Waals surface area contributed by atoms with E-state index in [0.29, 0.717) is 29.0 Å². The van der Waals surface area contributed by atoms with Crippen LogP contribution < -0.4 is 20.1 Å². The summed E-state index contributed by atoms with van der Waals surface area (Å²) in [5.41, 5.74) is 1.64. The first kappa shape index (κ1) is 19.3. The maximum Gasteiger partial charge on any atom is 0.229 e. The number of nitrogens with one attached hydrogen (secondary N) is 3. The van der Waals surface area contributed by atoms with E-state index in [0.717, 1.165) is 22.2 Å². The van der Waals surface area contributed by atoms with Gasteiger partial charge in [-0.1, -0.05) is 0 Å².